The second kappa shape index (κ2) is 6.67. The van der Waals surface area contributed by atoms with Crippen molar-refractivity contribution in [3.05, 3.63) is 34.1 Å². The molecule has 3 unspecified atom stereocenters. The zero-order valence-corrected chi connectivity index (χ0v) is 17.2. The molecule has 0 aliphatic heterocycles. The van der Waals surface area contributed by atoms with E-state index in [4.69, 9.17) is 16.3 Å². The molecule has 3 rings (SSSR count). The lowest BCUT2D eigenvalue weighted by molar-refractivity contribution is -0.117. The summed E-state index contributed by atoms with van der Waals surface area (Å²) in [5.74, 6) is 0.372. The van der Waals surface area contributed by atoms with Crippen LogP contribution in [0.3, 0.4) is 0 Å². The van der Waals surface area contributed by atoms with E-state index < -0.39 is 0 Å². The van der Waals surface area contributed by atoms with Gasteiger partial charge < -0.3 is 4.74 Å². The van der Waals surface area contributed by atoms with Crippen LogP contribution >= 0.6 is 11.6 Å². The summed E-state index contributed by atoms with van der Waals surface area (Å²) in [6, 6.07) is 0. The van der Waals surface area contributed by atoms with Crippen molar-refractivity contribution in [3.8, 4) is 0 Å². The molecule has 2 fully saturated rings. The van der Waals surface area contributed by atoms with Crippen molar-refractivity contribution < 1.29 is 14.3 Å². The summed E-state index contributed by atoms with van der Waals surface area (Å²) in [7, 11) is 1.41. The number of carbonyl (C=O) groups excluding carboxylic acids is 2. The minimum absolute atomic E-state index is 0.0327. The Morgan fingerprint density at radius 2 is 1.85 bits per heavy atom. The normalized spacial score (nSPS) is 36.1. The van der Waals surface area contributed by atoms with Gasteiger partial charge in [-0.1, -0.05) is 45.7 Å². The van der Waals surface area contributed by atoms with Crippen molar-refractivity contribution in [1.29, 1.82) is 0 Å². The van der Waals surface area contributed by atoms with Gasteiger partial charge in [0.05, 0.1) is 12.1 Å². The average Bonchev–Trinajstić information content (AvgIpc) is 2.55. The van der Waals surface area contributed by atoms with Gasteiger partial charge in [0.2, 0.25) is 5.78 Å². The van der Waals surface area contributed by atoms with Gasteiger partial charge in [0.1, 0.15) is 0 Å². The van der Waals surface area contributed by atoms with E-state index in [0.29, 0.717) is 22.4 Å². The highest BCUT2D eigenvalue weighted by atomic mass is 35.5. The van der Waals surface area contributed by atoms with Crippen molar-refractivity contribution in [2.45, 2.75) is 59.8 Å². The van der Waals surface area contributed by atoms with Crippen LogP contribution < -0.4 is 0 Å². The maximum absolute atomic E-state index is 12.8. The highest BCUT2D eigenvalue weighted by Gasteiger charge is 2.52. The molecule has 0 amide bonds. The topological polar surface area (TPSA) is 43.4 Å². The van der Waals surface area contributed by atoms with Crippen LogP contribution in [-0.2, 0) is 14.3 Å². The first kappa shape index (κ1) is 19.4. The predicted molar refractivity (Wildman–Crippen MR) is 104 cm³/mol. The Labute approximate surface area is 161 Å². The maximum atomic E-state index is 12.8. The molecule has 142 valence electrons. The largest absolute Gasteiger partial charge is 0.492 e. The summed E-state index contributed by atoms with van der Waals surface area (Å²) in [5.41, 5.74) is 1.68. The number of Topliss-reactive ketones (excluding diaryl/α,β-unsaturated/α-hetero) is 1. The molecule has 3 nitrogen and oxygen atoms in total. The summed E-state index contributed by atoms with van der Waals surface area (Å²) >= 11 is 6.87. The van der Waals surface area contributed by atoms with Gasteiger partial charge in [0.25, 0.3) is 0 Å². The molecule has 0 saturated heterocycles. The zero-order chi connectivity index (χ0) is 19.3. The number of fused-ring (bicyclic) bond motifs is 1. The summed E-state index contributed by atoms with van der Waals surface area (Å²) in [5, 5.41) is 0.475. The van der Waals surface area contributed by atoms with Gasteiger partial charge in [-0.3, -0.25) is 9.59 Å². The van der Waals surface area contributed by atoms with Crippen LogP contribution in [0.5, 0.6) is 0 Å². The number of halogens is 1. The molecule has 26 heavy (non-hydrogen) atoms. The lowest BCUT2D eigenvalue weighted by atomic mass is 9.48. The van der Waals surface area contributed by atoms with E-state index in [2.05, 4.69) is 27.7 Å². The molecule has 0 spiro atoms. The molecular weight excluding hydrogens is 348 g/mol. The lowest BCUT2D eigenvalue weighted by Gasteiger charge is -2.56. The molecule has 3 atom stereocenters. The van der Waals surface area contributed by atoms with Gasteiger partial charge in [0.15, 0.2) is 11.5 Å². The number of allylic oxidation sites excluding steroid dienone is 5. The summed E-state index contributed by atoms with van der Waals surface area (Å²) < 4.78 is 5.10. The first-order valence-corrected chi connectivity index (χ1v) is 9.96. The standard InChI is InChI=1S/C22H29ClO3/c1-13-7-8-17-21(2,3)9-6-10-22(17,4)18(13)19(23)15-11-14(24)12-16(26-5)20(15)25/h11-13,17H,6-10H2,1-5H3. The number of carbonyl (C=O) groups is 2. The van der Waals surface area contributed by atoms with Crippen LogP contribution in [0.15, 0.2) is 34.1 Å². The van der Waals surface area contributed by atoms with Crippen LogP contribution in [0.2, 0.25) is 0 Å². The lowest BCUT2D eigenvalue weighted by Crippen LogP contribution is -2.47. The fourth-order valence-electron chi connectivity index (χ4n) is 5.78. The van der Waals surface area contributed by atoms with E-state index >= 15 is 0 Å². The van der Waals surface area contributed by atoms with Gasteiger partial charge in [0, 0.05) is 11.6 Å². The average molecular weight is 377 g/mol. The molecule has 0 aromatic carbocycles. The van der Waals surface area contributed by atoms with Gasteiger partial charge in [-0.2, -0.15) is 0 Å². The van der Waals surface area contributed by atoms with Crippen LogP contribution in [0.25, 0.3) is 0 Å². The van der Waals surface area contributed by atoms with E-state index in [1.165, 1.54) is 32.1 Å². The first-order valence-electron chi connectivity index (χ1n) is 9.58. The Bertz CT molecular complexity index is 740. The van der Waals surface area contributed by atoms with Gasteiger partial charge >= 0.3 is 0 Å². The number of methoxy groups -OCH3 is 1. The predicted octanol–water partition coefficient (Wildman–Crippen LogP) is 5.35. The van der Waals surface area contributed by atoms with E-state index in [0.717, 1.165) is 24.8 Å². The van der Waals surface area contributed by atoms with E-state index in [1.54, 1.807) is 0 Å². The zero-order valence-electron chi connectivity index (χ0n) is 16.4. The molecule has 0 heterocycles. The molecule has 0 bridgehead atoms. The third-order valence-electron chi connectivity index (χ3n) is 6.95. The molecule has 4 heteroatoms. The van der Waals surface area contributed by atoms with Gasteiger partial charge in [-0.25, -0.2) is 0 Å². The molecule has 0 aromatic heterocycles. The smallest absolute Gasteiger partial charge is 0.229 e. The minimum Gasteiger partial charge on any atom is -0.492 e. The van der Waals surface area contributed by atoms with Crippen LogP contribution in [0.4, 0.5) is 0 Å². The number of hydrogen-bond acceptors (Lipinski definition) is 3. The Morgan fingerprint density at radius 3 is 2.50 bits per heavy atom. The van der Waals surface area contributed by atoms with Crippen molar-refractivity contribution in [3.63, 3.8) is 0 Å². The van der Waals surface area contributed by atoms with Crippen molar-refractivity contribution in [1.82, 2.24) is 0 Å². The second-order valence-electron chi connectivity index (χ2n) is 9.02. The molecule has 0 N–H and O–H groups in total. The quantitative estimate of drug-likeness (QED) is 0.610. The van der Waals surface area contributed by atoms with Gasteiger partial charge in [-0.05, 0) is 60.0 Å². The van der Waals surface area contributed by atoms with Crippen LogP contribution in [0.1, 0.15) is 59.8 Å². The number of hydrogen-bond donors (Lipinski definition) is 0. The van der Waals surface area contributed by atoms with E-state index in [1.807, 2.05) is 0 Å². The third-order valence-corrected chi connectivity index (χ3v) is 7.35. The molecule has 2 saturated carbocycles. The minimum atomic E-state index is -0.294. The van der Waals surface area contributed by atoms with Crippen molar-refractivity contribution in [2.24, 2.45) is 22.7 Å². The molecule has 0 aromatic rings. The Morgan fingerprint density at radius 1 is 1.15 bits per heavy atom. The van der Waals surface area contributed by atoms with Gasteiger partial charge in [-0.15, -0.1) is 0 Å². The van der Waals surface area contributed by atoms with Crippen LogP contribution in [0, 0.1) is 22.7 Å². The highest BCUT2D eigenvalue weighted by Crippen LogP contribution is 2.62. The first-order chi connectivity index (χ1) is 12.1. The molecule has 0 radical (unpaired) electrons. The fraction of sp³-hybridized carbons (Fsp3) is 0.636. The highest BCUT2D eigenvalue weighted by molar-refractivity contribution is 6.38. The maximum Gasteiger partial charge on any atom is 0.229 e. The Kier molecular flexibility index (Phi) is 4.98. The second-order valence-corrected chi connectivity index (χ2v) is 9.40. The monoisotopic (exact) mass is 376 g/mol. The summed E-state index contributed by atoms with van der Waals surface area (Å²) in [6.45, 7) is 9.23. The van der Waals surface area contributed by atoms with Crippen LogP contribution in [-0.4, -0.2) is 18.7 Å². The van der Waals surface area contributed by atoms with Crippen molar-refractivity contribution >= 4 is 23.2 Å². The summed E-state index contributed by atoms with van der Waals surface area (Å²) in [4.78, 5) is 24.8. The molecular formula is C22H29ClO3. The third kappa shape index (κ3) is 2.98. The SMILES string of the molecule is COC1=CC(=O)C=C(C(Cl)=C2C(C)CCC3C(C)(C)CCCC23C)C1=O. The Hall–Kier alpha value is -1.35. The molecule has 3 aliphatic rings. The molecule has 3 aliphatic carbocycles. The van der Waals surface area contributed by atoms with Crippen molar-refractivity contribution in [2.75, 3.05) is 7.11 Å². The number of ketones is 2. The summed E-state index contributed by atoms with van der Waals surface area (Å²) in [6.07, 6.45) is 8.33. The number of rotatable bonds is 2. The fourth-order valence-corrected chi connectivity index (χ4v) is 6.32. The van der Waals surface area contributed by atoms with E-state index in [9.17, 15) is 9.59 Å². The van der Waals surface area contributed by atoms with E-state index in [-0.39, 0.29) is 28.2 Å². The Balaban J connectivity index is 2.12. The number of ether oxygens (including phenoxy) is 1.